The van der Waals surface area contributed by atoms with Gasteiger partial charge in [0.25, 0.3) is 5.91 Å². The molecule has 0 aliphatic carbocycles. The Morgan fingerprint density at radius 1 is 1.03 bits per heavy atom. The molecule has 0 bridgehead atoms. The van der Waals surface area contributed by atoms with E-state index in [0.717, 1.165) is 12.1 Å². The van der Waals surface area contributed by atoms with E-state index in [9.17, 15) is 9.59 Å². The van der Waals surface area contributed by atoms with Crippen molar-refractivity contribution in [1.29, 1.82) is 0 Å². The zero-order chi connectivity index (χ0) is 24.5. The molecule has 9 heteroatoms. The van der Waals surface area contributed by atoms with Crippen LogP contribution in [0.1, 0.15) is 49.1 Å². The molecule has 1 aromatic rings. The number of hydrogen-bond acceptors (Lipinski definition) is 7. The van der Waals surface area contributed by atoms with Crippen molar-refractivity contribution in [3.05, 3.63) is 35.4 Å². The molecule has 0 saturated heterocycles. The molecule has 0 spiro atoms. The summed E-state index contributed by atoms with van der Waals surface area (Å²) in [5.74, 6) is 5.88. The summed E-state index contributed by atoms with van der Waals surface area (Å²) in [6.07, 6.45) is 1.98. The third-order valence-corrected chi connectivity index (χ3v) is 5.96. The van der Waals surface area contributed by atoms with Crippen LogP contribution in [0.25, 0.3) is 0 Å². The molecule has 1 unspecified atom stereocenters. The minimum Gasteiger partial charge on any atom is -0.369 e. The van der Waals surface area contributed by atoms with Crippen molar-refractivity contribution in [2.75, 3.05) is 45.7 Å². The number of hydrogen-bond donors (Lipinski definition) is 3. The number of rotatable bonds is 15. The van der Waals surface area contributed by atoms with Crippen molar-refractivity contribution in [1.82, 2.24) is 16.0 Å². The molecule has 1 aromatic carbocycles. The van der Waals surface area contributed by atoms with Gasteiger partial charge in [0.05, 0.1) is 19.8 Å². The molecule has 1 atom stereocenters. The largest absolute Gasteiger partial charge is 0.369 e. The standard InChI is InChI=1S/C24H37N3O4S2/c1-18(2)7-6-12-26-22(28)17-30-15-16-31-24(33-32-5)21-10-8-20(9-11-21)23(29)27-14-13-25-19(3)4/h8-11,18-19,24-25H,12-17H2,1-5H3,(H,26,28)(H,27,29). The van der Waals surface area contributed by atoms with Crippen LogP contribution < -0.4 is 16.0 Å². The summed E-state index contributed by atoms with van der Waals surface area (Å²) in [5.41, 5.74) is 1.38. The molecule has 3 N–H and O–H groups in total. The third-order valence-electron chi connectivity index (χ3n) is 4.09. The van der Waals surface area contributed by atoms with Gasteiger partial charge in [-0.1, -0.05) is 73.3 Å². The fourth-order valence-electron chi connectivity index (χ4n) is 2.53. The normalized spacial score (nSPS) is 11.7. The van der Waals surface area contributed by atoms with Crippen molar-refractivity contribution < 1.29 is 19.1 Å². The topological polar surface area (TPSA) is 88.7 Å². The number of carbonyl (C=O) groups excluding carboxylic acids is 2. The molecule has 0 radical (unpaired) electrons. The van der Waals surface area contributed by atoms with E-state index in [1.807, 2.05) is 32.2 Å². The van der Waals surface area contributed by atoms with Gasteiger partial charge in [-0.2, -0.15) is 0 Å². The van der Waals surface area contributed by atoms with Crippen LogP contribution in [0.3, 0.4) is 0 Å². The Kier molecular flexibility index (Phi) is 15.8. The maximum atomic E-state index is 12.3. The lowest BCUT2D eigenvalue weighted by atomic mass is 10.1. The zero-order valence-corrected chi connectivity index (χ0v) is 21.9. The van der Waals surface area contributed by atoms with E-state index in [1.165, 1.54) is 0 Å². The van der Waals surface area contributed by atoms with Gasteiger partial charge in [-0.25, -0.2) is 0 Å². The van der Waals surface area contributed by atoms with Crippen LogP contribution in [-0.2, 0) is 14.3 Å². The number of benzene rings is 1. The van der Waals surface area contributed by atoms with E-state index in [1.54, 1.807) is 33.7 Å². The van der Waals surface area contributed by atoms with Gasteiger partial charge >= 0.3 is 0 Å². The van der Waals surface area contributed by atoms with Crippen molar-refractivity contribution >= 4 is 33.4 Å². The van der Waals surface area contributed by atoms with Crippen LogP contribution in [0.4, 0.5) is 0 Å². The minimum absolute atomic E-state index is 0.0243. The van der Waals surface area contributed by atoms with Gasteiger partial charge in [-0.3, -0.25) is 9.59 Å². The van der Waals surface area contributed by atoms with Crippen LogP contribution in [0.15, 0.2) is 24.3 Å². The van der Waals surface area contributed by atoms with E-state index in [0.29, 0.717) is 37.9 Å². The summed E-state index contributed by atoms with van der Waals surface area (Å²) in [5, 5.41) is 8.87. The quantitative estimate of drug-likeness (QED) is 0.149. The van der Waals surface area contributed by atoms with E-state index in [4.69, 9.17) is 9.47 Å². The molecule has 2 amide bonds. The first-order chi connectivity index (χ1) is 15.8. The lowest BCUT2D eigenvalue weighted by Gasteiger charge is -2.17. The molecule has 0 fully saturated rings. The number of ether oxygens (including phenoxy) is 2. The highest BCUT2D eigenvalue weighted by molar-refractivity contribution is 8.76. The Morgan fingerprint density at radius 3 is 2.39 bits per heavy atom. The third kappa shape index (κ3) is 14.2. The SMILES string of the molecule is CSSC(OCCOCC(=O)NCC#CC(C)C)c1ccc(C(=O)NCCNC(C)C)cc1. The predicted octanol–water partition coefficient (Wildman–Crippen LogP) is 3.23. The first-order valence-corrected chi connectivity index (χ1v) is 13.7. The lowest BCUT2D eigenvalue weighted by Crippen LogP contribution is -2.34. The molecule has 33 heavy (non-hydrogen) atoms. The Labute approximate surface area is 206 Å². The fourth-order valence-corrected chi connectivity index (χ4v) is 4.14. The molecule has 0 aromatic heterocycles. The Balaban J connectivity index is 2.38. The number of amides is 2. The van der Waals surface area contributed by atoms with Crippen LogP contribution >= 0.6 is 21.6 Å². The van der Waals surface area contributed by atoms with E-state index < -0.39 is 0 Å². The van der Waals surface area contributed by atoms with Crippen LogP contribution in [0.5, 0.6) is 0 Å². The predicted molar refractivity (Wildman–Crippen MR) is 138 cm³/mol. The van der Waals surface area contributed by atoms with Gasteiger partial charge in [-0.15, -0.1) is 0 Å². The second-order valence-corrected chi connectivity index (χ2v) is 10.3. The molecule has 184 valence electrons. The van der Waals surface area contributed by atoms with E-state index in [2.05, 4.69) is 41.6 Å². The lowest BCUT2D eigenvalue weighted by molar-refractivity contribution is -0.126. The molecule has 7 nitrogen and oxygen atoms in total. The summed E-state index contributed by atoms with van der Waals surface area (Å²) in [6.45, 7) is 10.4. The van der Waals surface area contributed by atoms with E-state index >= 15 is 0 Å². The maximum Gasteiger partial charge on any atom is 0.251 e. The Hall–Kier alpha value is -1.70. The minimum atomic E-state index is -0.198. The first-order valence-electron chi connectivity index (χ1n) is 11.1. The number of carbonyl (C=O) groups is 2. The highest BCUT2D eigenvalue weighted by atomic mass is 33.1. The van der Waals surface area contributed by atoms with Crippen LogP contribution in [-0.4, -0.2) is 63.6 Å². The monoisotopic (exact) mass is 495 g/mol. The van der Waals surface area contributed by atoms with Gasteiger partial charge in [0.15, 0.2) is 0 Å². The van der Waals surface area contributed by atoms with Crippen molar-refractivity contribution in [3.8, 4) is 11.8 Å². The fraction of sp³-hybridized carbons (Fsp3) is 0.583. The highest BCUT2D eigenvalue weighted by Crippen LogP contribution is 2.37. The first kappa shape index (κ1) is 29.3. The number of nitrogens with one attached hydrogen (secondary N) is 3. The van der Waals surface area contributed by atoms with Crippen LogP contribution in [0.2, 0.25) is 0 Å². The van der Waals surface area contributed by atoms with Crippen molar-refractivity contribution in [3.63, 3.8) is 0 Å². The Bertz CT molecular complexity index is 761. The van der Waals surface area contributed by atoms with Crippen LogP contribution in [0, 0.1) is 17.8 Å². The van der Waals surface area contributed by atoms with E-state index in [-0.39, 0.29) is 29.8 Å². The summed E-state index contributed by atoms with van der Waals surface area (Å²) in [4.78, 5) is 24.0. The average Bonchev–Trinajstić information content (AvgIpc) is 2.78. The summed E-state index contributed by atoms with van der Waals surface area (Å²) in [7, 11) is 3.18. The average molecular weight is 496 g/mol. The molecule has 0 aliphatic heterocycles. The summed E-state index contributed by atoms with van der Waals surface area (Å²) < 4.78 is 11.3. The smallest absolute Gasteiger partial charge is 0.251 e. The van der Waals surface area contributed by atoms with Crippen molar-refractivity contribution in [2.24, 2.45) is 5.92 Å². The molecule has 1 rings (SSSR count). The maximum absolute atomic E-state index is 12.3. The summed E-state index contributed by atoms with van der Waals surface area (Å²) >= 11 is 0. The Morgan fingerprint density at radius 2 is 1.76 bits per heavy atom. The second-order valence-electron chi connectivity index (χ2n) is 7.76. The molecule has 0 heterocycles. The molecular weight excluding hydrogens is 458 g/mol. The van der Waals surface area contributed by atoms with Gasteiger partial charge in [-0.05, 0) is 24.0 Å². The second kappa shape index (κ2) is 17.7. The van der Waals surface area contributed by atoms with Crippen molar-refractivity contribution in [2.45, 2.75) is 39.2 Å². The molecule has 0 saturated carbocycles. The zero-order valence-electron chi connectivity index (χ0n) is 20.2. The van der Waals surface area contributed by atoms with Gasteiger partial charge in [0, 0.05) is 30.6 Å². The van der Waals surface area contributed by atoms with Gasteiger partial charge in [0.2, 0.25) is 5.91 Å². The highest BCUT2D eigenvalue weighted by Gasteiger charge is 2.14. The van der Waals surface area contributed by atoms with Gasteiger partial charge in [0.1, 0.15) is 12.0 Å². The summed E-state index contributed by atoms with van der Waals surface area (Å²) in [6, 6.07) is 7.81. The van der Waals surface area contributed by atoms with Gasteiger partial charge < -0.3 is 25.4 Å². The molecular formula is C24H37N3O4S2. The molecule has 0 aliphatic rings.